The summed E-state index contributed by atoms with van der Waals surface area (Å²) < 4.78 is 21.9. The maximum atomic E-state index is 12.7. The average Bonchev–Trinajstić information content (AvgIpc) is 3.55. The minimum Gasteiger partial charge on any atom is -0.444 e. The Balaban J connectivity index is 1.09. The Hall–Kier alpha value is -2.86. The fraction of sp³-hybridized carbons (Fsp3) is 0.711. The van der Waals surface area contributed by atoms with E-state index < -0.39 is 5.60 Å². The third kappa shape index (κ3) is 5.27. The van der Waals surface area contributed by atoms with Crippen molar-refractivity contribution in [3.63, 3.8) is 0 Å². The number of carbonyl (C=O) groups excluding carboxylic acids is 1. The lowest BCUT2D eigenvalue weighted by Gasteiger charge is -2.59. The summed E-state index contributed by atoms with van der Waals surface area (Å²) in [6.07, 6.45) is 10.5. The molecule has 0 radical (unpaired) electrons. The van der Waals surface area contributed by atoms with Crippen molar-refractivity contribution in [1.29, 1.82) is 0 Å². The van der Waals surface area contributed by atoms with Gasteiger partial charge < -0.3 is 24.0 Å². The molecule has 2 saturated carbocycles. The number of hydrogen-bond acceptors (Lipinski definition) is 8. The molecular formula is C38H52ClN7O4. The fourth-order valence-electron chi connectivity index (χ4n) is 9.71. The maximum Gasteiger partial charge on any atom is 0.410 e. The second kappa shape index (κ2) is 11.8. The first-order valence-electron chi connectivity index (χ1n) is 18.9. The summed E-state index contributed by atoms with van der Waals surface area (Å²) in [7, 11) is 0. The Kier molecular flexibility index (Phi) is 7.81. The van der Waals surface area contributed by atoms with Crippen LogP contribution in [0.15, 0.2) is 12.3 Å². The Morgan fingerprint density at radius 3 is 2.42 bits per heavy atom. The summed E-state index contributed by atoms with van der Waals surface area (Å²) in [5.74, 6) is 1.06. The predicted molar refractivity (Wildman–Crippen MR) is 193 cm³/mol. The third-order valence-corrected chi connectivity index (χ3v) is 13.1. The zero-order chi connectivity index (χ0) is 34.6. The van der Waals surface area contributed by atoms with Crippen molar-refractivity contribution in [2.45, 2.75) is 115 Å². The first kappa shape index (κ1) is 33.0. The van der Waals surface area contributed by atoms with Crippen LogP contribution in [-0.2, 0) is 14.2 Å². The van der Waals surface area contributed by atoms with E-state index in [1.54, 1.807) is 0 Å². The zero-order valence-corrected chi connectivity index (χ0v) is 31.1. The van der Waals surface area contributed by atoms with E-state index in [0.29, 0.717) is 6.04 Å². The number of amides is 1. The van der Waals surface area contributed by atoms with Gasteiger partial charge in [-0.15, -0.1) is 0 Å². The Labute approximate surface area is 300 Å². The molecule has 1 atom stereocenters. The molecule has 1 aromatic carbocycles. The molecule has 6 fully saturated rings. The lowest BCUT2D eigenvalue weighted by atomic mass is 9.61. The van der Waals surface area contributed by atoms with E-state index in [-0.39, 0.29) is 29.3 Å². The van der Waals surface area contributed by atoms with Gasteiger partial charge in [0, 0.05) is 67.0 Å². The lowest BCUT2D eigenvalue weighted by Crippen LogP contribution is -2.69. The summed E-state index contributed by atoms with van der Waals surface area (Å²) >= 11 is 7.40. The molecule has 0 bridgehead atoms. The number of nitrogens with zero attached hydrogens (tertiary/aromatic N) is 7. The molecule has 2 spiro atoms. The number of fused-ring (bicyclic) bond motifs is 1. The van der Waals surface area contributed by atoms with Crippen molar-refractivity contribution in [2.24, 2.45) is 5.41 Å². The molecule has 4 aliphatic heterocycles. The third-order valence-electron chi connectivity index (χ3n) is 12.6. The van der Waals surface area contributed by atoms with Crippen LogP contribution in [0, 0.1) is 19.3 Å². The molecule has 9 rings (SSSR count). The van der Waals surface area contributed by atoms with Gasteiger partial charge in [-0.2, -0.15) is 10.2 Å². The smallest absolute Gasteiger partial charge is 0.410 e. The van der Waals surface area contributed by atoms with Gasteiger partial charge in [-0.3, -0.25) is 9.58 Å². The number of halogens is 1. The van der Waals surface area contributed by atoms with Crippen molar-refractivity contribution in [2.75, 3.05) is 57.4 Å². The molecule has 12 heteroatoms. The number of likely N-dealkylation sites (tertiary alicyclic amines) is 1. The fourth-order valence-corrected chi connectivity index (χ4v) is 9.96. The van der Waals surface area contributed by atoms with Gasteiger partial charge in [-0.05, 0) is 97.6 Å². The number of benzene rings is 1. The molecule has 6 aliphatic rings. The first-order chi connectivity index (χ1) is 23.9. The molecule has 0 N–H and O–H groups in total. The quantitative estimate of drug-likeness (QED) is 0.284. The van der Waals surface area contributed by atoms with E-state index in [2.05, 4.69) is 39.1 Å². The molecule has 2 aliphatic carbocycles. The molecule has 1 unspecified atom stereocenters. The monoisotopic (exact) mass is 705 g/mol. The van der Waals surface area contributed by atoms with Gasteiger partial charge in [0.2, 0.25) is 0 Å². The minimum atomic E-state index is -0.488. The van der Waals surface area contributed by atoms with E-state index >= 15 is 0 Å². The first-order valence-corrected chi connectivity index (χ1v) is 19.3. The van der Waals surface area contributed by atoms with Crippen molar-refractivity contribution in [3.8, 4) is 11.1 Å². The van der Waals surface area contributed by atoms with Crippen molar-refractivity contribution in [1.82, 2.24) is 29.4 Å². The average molecular weight is 706 g/mol. The molecule has 4 saturated heterocycles. The molecule has 3 aromatic rings. The number of carbonyl (C=O) groups is 1. The number of aryl methyl sites for hydroxylation is 1. The molecule has 6 heterocycles. The highest BCUT2D eigenvalue weighted by atomic mass is 35.5. The summed E-state index contributed by atoms with van der Waals surface area (Å²) in [5.41, 5.74) is 5.16. The van der Waals surface area contributed by atoms with E-state index in [1.807, 2.05) is 31.9 Å². The van der Waals surface area contributed by atoms with Crippen molar-refractivity contribution in [3.05, 3.63) is 28.5 Å². The number of ether oxygens (including phenoxy) is 3. The SMILES string of the molecule is Cc1cc2c(cnn2C2CCCCO2)c(-c2c(N3CCN(C4COC4)CC34CCC4)nn(C3CC4(C3)CN(C(=O)OC(C)(C)C)C4)c2C)c1Cl. The van der Waals surface area contributed by atoms with Crippen molar-refractivity contribution < 1.29 is 19.0 Å². The van der Waals surface area contributed by atoms with Gasteiger partial charge >= 0.3 is 6.09 Å². The summed E-state index contributed by atoms with van der Waals surface area (Å²) in [4.78, 5) is 19.9. The zero-order valence-electron chi connectivity index (χ0n) is 30.3. The number of piperazine rings is 1. The van der Waals surface area contributed by atoms with Gasteiger partial charge in [-0.25, -0.2) is 9.48 Å². The van der Waals surface area contributed by atoms with Crippen LogP contribution in [0.2, 0.25) is 5.02 Å². The van der Waals surface area contributed by atoms with E-state index in [1.165, 1.54) is 19.3 Å². The number of aromatic nitrogens is 4. The normalized spacial score (nSPS) is 25.4. The van der Waals surface area contributed by atoms with Crippen molar-refractivity contribution >= 4 is 34.4 Å². The summed E-state index contributed by atoms with van der Waals surface area (Å²) in [6, 6.07) is 2.98. The van der Waals surface area contributed by atoms with E-state index in [9.17, 15) is 4.79 Å². The molecular weight excluding hydrogens is 654 g/mol. The minimum absolute atomic E-state index is 0.0614. The van der Waals surface area contributed by atoms with Crippen LogP contribution < -0.4 is 4.90 Å². The number of rotatable bonds is 5. The van der Waals surface area contributed by atoms with Crippen LogP contribution in [0.4, 0.5) is 10.6 Å². The Morgan fingerprint density at radius 1 is 1.00 bits per heavy atom. The lowest BCUT2D eigenvalue weighted by molar-refractivity contribution is -0.0931. The molecule has 11 nitrogen and oxygen atoms in total. The van der Waals surface area contributed by atoms with Gasteiger partial charge in [0.1, 0.15) is 5.60 Å². The van der Waals surface area contributed by atoms with Gasteiger partial charge in [-0.1, -0.05) is 11.6 Å². The molecule has 1 amide bonds. The van der Waals surface area contributed by atoms with Crippen LogP contribution in [0.1, 0.15) is 95.7 Å². The largest absolute Gasteiger partial charge is 0.444 e. The number of anilines is 1. The highest BCUT2D eigenvalue weighted by Crippen LogP contribution is 2.56. The second-order valence-corrected chi connectivity index (χ2v) is 17.6. The summed E-state index contributed by atoms with van der Waals surface area (Å²) in [5, 5.41) is 12.4. The second-order valence-electron chi connectivity index (χ2n) is 17.2. The van der Waals surface area contributed by atoms with Gasteiger partial charge in [0.15, 0.2) is 12.0 Å². The topological polar surface area (TPSA) is 90.1 Å². The number of hydrogen-bond donors (Lipinski definition) is 0. The highest BCUT2D eigenvalue weighted by Gasteiger charge is 2.56. The highest BCUT2D eigenvalue weighted by molar-refractivity contribution is 6.36. The van der Waals surface area contributed by atoms with Crippen LogP contribution in [0.5, 0.6) is 0 Å². The maximum absolute atomic E-state index is 12.7. The predicted octanol–water partition coefficient (Wildman–Crippen LogP) is 6.88. The Morgan fingerprint density at radius 2 is 1.78 bits per heavy atom. The Bertz CT molecular complexity index is 1800. The molecule has 2 aromatic heterocycles. The van der Waals surface area contributed by atoms with Gasteiger partial charge in [0.05, 0.1) is 47.6 Å². The van der Waals surface area contributed by atoms with E-state index in [4.69, 9.17) is 36.0 Å². The van der Waals surface area contributed by atoms with Crippen LogP contribution >= 0.6 is 11.6 Å². The van der Waals surface area contributed by atoms with E-state index in [0.717, 1.165) is 129 Å². The molecule has 50 heavy (non-hydrogen) atoms. The molecule has 270 valence electrons. The van der Waals surface area contributed by atoms with Gasteiger partial charge in [0.25, 0.3) is 0 Å². The standard InChI is InChI=1S/C38H52ClN7O4/c1-24-15-29-28(18-40-46(29)30-9-6-7-14-49-30)32(33(24)39)31-25(2)45(26-16-37(17-26)21-43(22-37)35(47)50-36(3,4)5)41-34(31)44-13-12-42(27-19-48-20-27)23-38(44)10-8-11-38/h15,18,26-27,30H,6-14,16-17,19-23H2,1-5H3. The van der Waals surface area contributed by atoms with Crippen LogP contribution in [0.3, 0.4) is 0 Å². The summed E-state index contributed by atoms with van der Waals surface area (Å²) in [6.45, 7) is 17.1. The van der Waals surface area contributed by atoms with Crippen LogP contribution in [-0.4, -0.2) is 105 Å². The van der Waals surface area contributed by atoms with Crippen LogP contribution in [0.25, 0.3) is 22.0 Å².